The van der Waals surface area contributed by atoms with Crippen LogP contribution in [0.25, 0.3) is 10.2 Å². The predicted molar refractivity (Wildman–Crippen MR) is 100 cm³/mol. The maximum Gasteiger partial charge on any atom is 0.237 e. The van der Waals surface area contributed by atoms with E-state index in [-0.39, 0.29) is 11.9 Å². The summed E-state index contributed by atoms with van der Waals surface area (Å²) >= 11 is 1.68. The molecule has 0 radical (unpaired) electrons. The number of benzene rings is 1. The molecule has 0 bridgehead atoms. The molecule has 4 nitrogen and oxygen atoms in total. The van der Waals surface area contributed by atoms with Crippen molar-refractivity contribution in [3.05, 3.63) is 29.3 Å². The topological polar surface area (TPSA) is 36.4 Å². The largest absolute Gasteiger partial charge is 0.335 e. The Bertz CT molecular complexity index is 670. The smallest absolute Gasteiger partial charge is 0.237 e. The normalized spacial score (nSPS) is 23.3. The minimum atomic E-state index is 0.00883. The first-order valence-electron chi connectivity index (χ1n) is 8.77. The first-order chi connectivity index (χ1) is 11.4. The van der Waals surface area contributed by atoms with Gasteiger partial charge < -0.3 is 4.90 Å². The van der Waals surface area contributed by atoms with Crippen LogP contribution >= 0.6 is 11.3 Å². The number of nitrogens with zero attached hydrogens (tertiary/aromatic N) is 3. The summed E-state index contributed by atoms with van der Waals surface area (Å²) in [5.74, 6) is 1.53. The second kappa shape index (κ2) is 7.19. The molecule has 1 aromatic carbocycles. The number of amides is 1. The summed E-state index contributed by atoms with van der Waals surface area (Å²) in [4.78, 5) is 21.6. The van der Waals surface area contributed by atoms with Crippen molar-refractivity contribution in [2.45, 2.75) is 33.2 Å². The van der Waals surface area contributed by atoms with Gasteiger partial charge in [-0.25, -0.2) is 4.98 Å². The zero-order valence-corrected chi connectivity index (χ0v) is 15.8. The van der Waals surface area contributed by atoms with Gasteiger partial charge in [0.15, 0.2) is 0 Å². The highest BCUT2D eigenvalue weighted by molar-refractivity contribution is 7.18. The molecule has 1 amide bonds. The van der Waals surface area contributed by atoms with Gasteiger partial charge in [-0.1, -0.05) is 26.0 Å². The summed E-state index contributed by atoms with van der Waals surface area (Å²) in [6, 6.07) is 8.16. The molecule has 1 saturated heterocycles. The highest BCUT2D eigenvalue weighted by Gasteiger charge is 2.26. The monoisotopic (exact) mass is 345 g/mol. The molecule has 24 heavy (non-hydrogen) atoms. The van der Waals surface area contributed by atoms with Crippen molar-refractivity contribution in [3.8, 4) is 0 Å². The van der Waals surface area contributed by atoms with E-state index in [9.17, 15) is 4.79 Å². The fourth-order valence-electron chi connectivity index (χ4n) is 3.67. The van der Waals surface area contributed by atoms with Gasteiger partial charge in [0.25, 0.3) is 0 Å². The summed E-state index contributed by atoms with van der Waals surface area (Å²) in [5.41, 5.74) is 1.02. The molecule has 3 rings (SSSR count). The molecule has 3 atom stereocenters. The van der Waals surface area contributed by atoms with E-state index in [4.69, 9.17) is 4.98 Å². The van der Waals surface area contributed by atoms with E-state index in [1.807, 2.05) is 30.1 Å². The van der Waals surface area contributed by atoms with Crippen molar-refractivity contribution in [1.82, 2.24) is 14.8 Å². The number of aromatic nitrogens is 1. The SMILES string of the molecule is C[C@@H]1C[C@H](C)CN(CC(=O)N(C)[C@@H](C)c2nc3ccccc3s2)C1. The Morgan fingerprint density at radius 1 is 1.33 bits per heavy atom. The van der Waals surface area contributed by atoms with Crippen molar-refractivity contribution in [1.29, 1.82) is 0 Å². The third kappa shape index (κ3) is 3.78. The second-order valence-electron chi connectivity index (χ2n) is 7.34. The first kappa shape index (κ1) is 17.4. The highest BCUT2D eigenvalue weighted by atomic mass is 32.1. The van der Waals surface area contributed by atoms with E-state index in [2.05, 4.69) is 31.7 Å². The first-order valence-corrected chi connectivity index (χ1v) is 9.59. The third-order valence-electron chi connectivity index (χ3n) is 4.95. The lowest BCUT2D eigenvalue weighted by molar-refractivity contribution is -0.133. The van der Waals surface area contributed by atoms with E-state index in [0.29, 0.717) is 18.4 Å². The zero-order chi connectivity index (χ0) is 17.3. The fraction of sp³-hybridized carbons (Fsp3) is 0.579. The quantitative estimate of drug-likeness (QED) is 0.846. The molecule has 0 N–H and O–H groups in total. The molecule has 2 heterocycles. The van der Waals surface area contributed by atoms with Gasteiger partial charge in [-0.05, 0) is 37.3 Å². The van der Waals surface area contributed by atoms with Gasteiger partial charge in [-0.3, -0.25) is 9.69 Å². The Morgan fingerprint density at radius 3 is 2.67 bits per heavy atom. The number of carbonyl (C=O) groups excluding carboxylic acids is 1. The van der Waals surface area contributed by atoms with Crippen molar-refractivity contribution < 1.29 is 4.79 Å². The number of piperidine rings is 1. The average Bonchev–Trinajstić information content (AvgIpc) is 2.96. The number of hydrogen-bond donors (Lipinski definition) is 0. The van der Waals surface area contributed by atoms with Crippen LogP contribution in [0, 0.1) is 11.8 Å². The summed E-state index contributed by atoms with van der Waals surface area (Å²) < 4.78 is 1.18. The number of thiazole rings is 1. The Hall–Kier alpha value is -1.46. The van der Waals surface area contributed by atoms with Gasteiger partial charge in [-0.2, -0.15) is 0 Å². The second-order valence-corrected chi connectivity index (χ2v) is 8.40. The maximum absolute atomic E-state index is 12.7. The minimum Gasteiger partial charge on any atom is -0.335 e. The van der Waals surface area contributed by atoms with Crippen LogP contribution in [0.1, 0.15) is 38.2 Å². The predicted octanol–water partition coefficient (Wildman–Crippen LogP) is 3.79. The zero-order valence-electron chi connectivity index (χ0n) is 15.0. The number of para-hydroxylation sites is 1. The Kier molecular flexibility index (Phi) is 5.21. The molecule has 1 aliphatic rings. The number of rotatable bonds is 4. The van der Waals surface area contributed by atoms with Crippen LogP contribution in [-0.2, 0) is 4.79 Å². The van der Waals surface area contributed by atoms with Gasteiger partial charge in [-0.15, -0.1) is 11.3 Å². The van der Waals surface area contributed by atoms with E-state index >= 15 is 0 Å². The molecule has 2 aromatic rings. The molecule has 1 aliphatic heterocycles. The van der Waals surface area contributed by atoms with E-state index < -0.39 is 0 Å². The van der Waals surface area contributed by atoms with E-state index in [0.717, 1.165) is 23.6 Å². The van der Waals surface area contributed by atoms with Crippen molar-refractivity contribution in [2.24, 2.45) is 11.8 Å². The van der Waals surface area contributed by atoms with E-state index in [1.165, 1.54) is 11.1 Å². The van der Waals surface area contributed by atoms with Gasteiger partial charge in [0.1, 0.15) is 5.01 Å². The molecule has 0 saturated carbocycles. The van der Waals surface area contributed by atoms with Crippen LogP contribution in [0.5, 0.6) is 0 Å². The summed E-state index contributed by atoms with van der Waals surface area (Å²) in [6.45, 7) is 9.19. The minimum absolute atomic E-state index is 0.00883. The van der Waals surface area contributed by atoms with Crippen LogP contribution in [0.4, 0.5) is 0 Å². The van der Waals surface area contributed by atoms with Crippen molar-refractivity contribution in [3.63, 3.8) is 0 Å². The third-order valence-corrected chi connectivity index (χ3v) is 6.15. The van der Waals surface area contributed by atoms with Crippen molar-refractivity contribution >= 4 is 27.5 Å². The van der Waals surface area contributed by atoms with Gasteiger partial charge in [0, 0.05) is 20.1 Å². The summed E-state index contributed by atoms with van der Waals surface area (Å²) in [6.07, 6.45) is 1.27. The van der Waals surface area contributed by atoms with Gasteiger partial charge in [0.05, 0.1) is 22.8 Å². The Morgan fingerprint density at radius 2 is 2.00 bits per heavy atom. The number of fused-ring (bicyclic) bond motifs is 1. The lowest BCUT2D eigenvalue weighted by atomic mass is 9.92. The Balaban J connectivity index is 1.66. The average molecular weight is 346 g/mol. The number of carbonyl (C=O) groups is 1. The van der Waals surface area contributed by atoms with E-state index in [1.54, 1.807) is 11.3 Å². The molecule has 0 unspecified atom stereocenters. The molecular weight excluding hydrogens is 318 g/mol. The molecule has 1 fully saturated rings. The standard InChI is InChI=1S/C19H27N3OS/c1-13-9-14(2)11-22(10-13)12-18(23)21(4)15(3)19-20-16-7-5-6-8-17(16)24-19/h5-8,13-15H,9-12H2,1-4H3/t13-,14+,15-/m0/s1. The fourth-order valence-corrected chi connectivity index (χ4v) is 4.74. The molecule has 130 valence electrons. The number of hydrogen-bond acceptors (Lipinski definition) is 4. The van der Waals surface area contributed by atoms with Crippen LogP contribution in [0.2, 0.25) is 0 Å². The lowest BCUT2D eigenvalue weighted by Gasteiger charge is -2.35. The maximum atomic E-state index is 12.7. The van der Waals surface area contributed by atoms with Gasteiger partial charge >= 0.3 is 0 Å². The molecular formula is C19H27N3OS. The molecule has 5 heteroatoms. The summed E-state index contributed by atoms with van der Waals surface area (Å²) in [5, 5.41) is 1.01. The lowest BCUT2D eigenvalue weighted by Crippen LogP contribution is -2.45. The number of likely N-dealkylation sites (tertiary alicyclic amines) is 1. The van der Waals surface area contributed by atoms with Crippen LogP contribution < -0.4 is 0 Å². The molecule has 1 aromatic heterocycles. The Labute approximate surface area is 148 Å². The van der Waals surface area contributed by atoms with Crippen LogP contribution in [-0.4, -0.2) is 47.4 Å². The van der Waals surface area contributed by atoms with Crippen molar-refractivity contribution in [2.75, 3.05) is 26.7 Å². The van der Waals surface area contributed by atoms with Gasteiger partial charge in [0.2, 0.25) is 5.91 Å². The molecule has 0 spiro atoms. The van der Waals surface area contributed by atoms with Crippen LogP contribution in [0.3, 0.4) is 0 Å². The summed E-state index contributed by atoms with van der Waals surface area (Å²) in [7, 11) is 1.90. The van der Waals surface area contributed by atoms with Crippen LogP contribution in [0.15, 0.2) is 24.3 Å². The number of likely N-dealkylation sites (N-methyl/N-ethyl adjacent to an activating group) is 1. The highest BCUT2D eigenvalue weighted by Crippen LogP contribution is 2.29. The molecule has 0 aliphatic carbocycles.